The minimum Gasteiger partial charge on any atom is -0.315 e. The Morgan fingerprint density at radius 3 is 2.82 bits per heavy atom. The standard InChI is InChI=1S/C16H22BrFN6O2S2/c17-12-3-4-14(18)15(9-12)28(25,26)24(16-21-11-23-27-16)22-7-2-1-6-19-10-13-5-8-20-13/h3-4,9,11,13,19-20,22H,1-2,5-8,10H2/t13-/m1/s1. The van der Waals surface area contributed by atoms with Crippen LogP contribution in [0.2, 0.25) is 0 Å². The number of hydrazine groups is 1. The Morgan fingerprint density at radius 1 is 1.36 bits per heavy atom. The molecule has 28 heavy (non-hydrogen) atoms. The van der Waals surface area contributed by atoms with Crippen LogP contribution in [-0.2, 0) is 10.0 Å². The van der Waals surface area contributed by atoms with E-state index in [9.17, 15) is 12.8 Å². The van der Waals surface area contributed by atoms with Gasteiger partial charge in [-0.1, -0.05) is 15.9 Å². The van der Waals surface area contributed by atoms with Gasteiger partial charge in [-0.2, -0.15) is 17.2 Å². The number of sulfonamides is 1. The molecule has 12 heteroatoms. The third kappa shape index (κ3) is 5.45. The van der Waals surface area contributed by atoms with Crippen molar-refractivity contribution in [3.05, 3.63) is 34.8 Å². The number of hydrogen-bond donors (Lipinski definition) is 3. The summed E-state index contributed by atoms with van der Waals surface area (Å²) in [7, 11) is -4.18. The number of anilines is 1. The van der Waals surface area contributed by atoms with Crippen LogP contribution in [0.5, 0.6) is 0 Å². The van der Waals surface area contributed by atoms with E-state index in [0.29, 0.717) is 17.1 Å². The fourth-order valence-corrected chi connectivity index (χ4v) is 5.27. The Morgan fingerprint density at radius 2 is 2.14 bits per heavy atom. The Kier molecular flexibility index (Phi) is 7.71. The average molecular weight is 493 g/mol. The maximum absolute atomic E-state index is 14.2. The molecule has 8 nitrogen and oxygen atoms in total. The van der Waals surface area contributed by atoms with Crippen molar-refractivity contribution in [1.29, 1.82) is 0 Å². The van der Waals surface area contributed by atoms with Crippen LogP contribution < -0.4 is 20.5 Å². The number of hydrogen-bond acceptors (Lipinski definition) is 8. The lowest BCUT2D eigenvalue weighted by atomic mass is 10.1. The average Bonchev–Trinajstić information content (AvgIpc) is 3.14. The fourth-order valence-electron chi connectivity index (χ4n) is 2.64. The number of rotatable bonds is 11. The highest BCUT2D eigenvalue weighted by atomic mass is 79.9. The summed E-state index contributed by atoms with van der Waals surface area (Å²) < 4.78 is 45.4. The van der Waals surface area contributed by atoms with Crippen molar-refractivity contribution in [3.8, 4) is 0 Å². The van der Waals surface area contributed by atoms with Gasteiger partial charge in [0.2, 0.25) is 5.13 Å². The number of unbranched alkanes of at least 4 members (excludes halogenated alkanes) is 1. The lowest BCUT2D eigenvalue weighted by Crippen LogP contribution is -2.49. The summed E-state index contributed by atoms with van der Waals surface area (Å²) in [5, 5.41) is 6.83. The van der Waals surface area contributed by atoms with Crippen molar-refractivity contribution in [1.82, 2.24) is 25.4 Å². The van der Waals surface area contributed by atoms with Crippen LogP contribution in [-0.4, -0.2) is 50.0 Å². The summed E-state index contributed by atoms with van der Waals surface area (Å²) in [6.07, 6.45) is 4.10. The first-order chi connectivity index (χ1) is 13.5. The van der Waals surface area contributed by atoms with Crippen molar-refractivity contribution in [2.45, 2.75) is 30.2 Å². The molecule has 1 aliphatic rings. The van der Waals surface area contributed by atoms with Crippen LogP contribution in [0.4, 0.5) is 9.52 Å². The lowest BCUT2D eigenvalue weighted by molar-refractivity contribution is 0.353. The van der Waals surface area contributed by atoms with E-state index in [2.05, 4.69) is 41.3 Å². The molecule has 0 amide bonds. The van der Waals surface area contributed by atoms with E-state index < -0.39 is 20.7 Å². The molecule has 2 aromatic rings. The van der Waals surface area contributed by atoms with Crippen LogP contribution in [0.15, 0.2) is 33.9 Å². The van der Waals surface area contributed by atoms with Crippen molar-refractivity contribution in [2.24, 2.45) is 0 Å². The highest BCUT2D eigenvalue weighted by molar-refractivity contribution is 9.10. The first kappa shape index (κ1) is 21.5. The summed E-state index contributed by atoms with van der Waals surface area (Å²) in [5.74, 6) is -0.826. The molecule has 0 spiro atoms. The smallest absolute Gasteiger partial charge is 0.282 e. The van der Waals surface area contributed by atoms with Gasteiger partial charge in [-0.25, -0.2) is 14.8 Å². The number of nitrogens with one attached hydrogen (secondary N) is 3. The second-order valence-corrected chi connectivity index (χ2v) is 9.76. The Bertz CT molecular complexity index is 864. The first-order valence-corrected chi connectivity index (χ1v) is 11.9. The summed E-state index contributed by atoms with van der Waals surface area (Å²) in [4.78, 5) is 3.53. The molecule has 1 aromatic heterocycles. The summed E-state index contributed by atoms with van der Waals surface area (Å²) in [5.41, 5.74) is 2.86. The molecule has 0 aliphatic carbocycles. The first-order valence-electron chi connectivity index (χ1n) is 8.93. The SMILES string of the molecule is O=S(=O)(c1cc(Br)ccc1F)N(NCCCCNC[C@H]1CCN1)c1ncns1. The maximum Gasteiger partial charge on any atom is 0.282 e. The molecule has 154 valence electrons. The van der Waals surface area contributed by atoms with Crippen molar-refractivity contribution in [2.75, 3.05) is 30.6 Å². The summed E-state index contributed by atoms with van der Waals surface area (Å²) in [6, 6.07) is 4.36. The number of benzene rings is 1. The van der Waals surface area contributed by atoms with Gasteiger partial charge in [0, 0.05) is 35.1 Å². The van der Waals surface area contributed by atoms with E-state index in [-0.39, 0.29) is 5.13 Å². The van der Waals surface area contributed by atoms with Gasteiger partial charge < -0.3 is 10.6 Å². The quantitative estimate of drug-likeness (QED) is 0.325. The van der Waals surface area contributed by atoms with Gasteiger partial charge >= 0.3 is 0 Å². The molecule has 0 bridgehead atoms. The molecule has 0 unspecified atom stereocenters. The van der Waals surface area contributed by atoms with Gasteiger partial charge in [-0.05, 0) is 50.6 Å². The molecule has 1 fully saturated rings. The molecule has 1 aromatic carbocycles. The molecule has 1 aliphatic heterocycles. The number of halogens is 2. The molecule has 3 N–H and O–H groups in total. The van der Waals surface area contributed by atoms with E-state index in [1.807, 2.05) is 0 Å². The van der Waals surface area contributed by atoms with Crippen LogP contribution in [0.3, 0.4) is 0 Å². The van der Waals surface area contributed by atoms with Crippen LogP contribution in [0.25, 0.3) is 0 Å². The molecule has 2 heterocycles. The van der Waals surface area contributed by atoms with Crippen LogP contribution in [0, 0.1) is 5.82 Å². The van der Waals surface area contributed by atoms with Crippen molar-refractivity contribution >= 4 is 42.6 Å². The van der Waals surface area contributed by atoms with Gasteiger partial charge in [0.25, 0.3) is 10.0 Å². The van der Waals surface area contributed by atoms with E-state index >= 15 is 0 Å². The zero-order valence-corrected chi connectivity index (χ0v) is 18.3. The molecule has 0 radical (unpaired) electrons. The minimum absolute atomic E-state index is 0.133. The van der Waals surface area contributed by atoms with Crippen LogP contribution >= 0.6 is 27.5 Å². The summed E-state index contributed by atoms with van der Waals surface area (Å²) >= 11 is 4.10. The topological polar surface area (TPSA) is 99.2 Å². The zero-order chi connectivity index (χ0) is 20.0. The van der Waals surface area contributed by atoms with Gasteiger partial charge in [0.15, 0.2) is 0 Å². The fraction of sp³-hybridized carbons (Fsp3) is 0.500. The summed E-state index contributed by atoms with van der Waals surface area (Å²) in [6.45, 7) is 3.29. The van der Waals surface area contributed by atoms with E-state index in [1.54, 1.807) is 0 Å². The van der Waals surface area contributed by atoms with Crippen molar-refractivity contribution in [3.63, 3.8) is 0 Å². The Balaban J connectivity index is 1.59. The Hall–Kier alpha value is -1.18. The van der Waals surface area contributed by atoms with Gasteiger partial charge in [-0.3, -0.25) is 0 Å². The largest absolute Gasteiger partial charge is 0.315 e. The second kappa shape index (κ2) is 10.0. The monoisotopic (exact) mass is 492 g/mol. The second-order valence-electron chi connectivity index (χ2n) is 6.33. The molecule has 1 saturated heterocycles. The highest BCUT2D eigenvalue weighted by Crippen LogP contribution is 2.26. The lowest BCUT2D eigenvalue weighted by Gasteiger charge is -2.27. The van der Waals surface area contributed by atoms with Gasteiger partial charge in [0.1, 0.15) is 17.0 Å². The van der Waals surface area contributed by atoms with E-state index in [4.69, 9.17) is 0 Å². The predicted molar refractivity (Wildman–Crippen MR) is 110 cm³/mol. The van der Waals surface area contributed by atoms with Crippen LogP contribution in [0.1, 0.15) is 19.3 Å². The third-order valence-corrected chi connectivity index (χ3v) is 7.20. The van der Waals surface area contributed by atoms with Crippen molar-refractivity contribution < 1.29 is 12.8 Å². The molecule has 0 saturated carbocycles. The minimum atomic E-state index is -4.18. The van der Waals surface area contributed by atoms with Gasteiger partial charge in [-0.15, -0.1) is 0 Å². The maximum atomic E-state index is 14.2. The molecule has 3 rings (SSSR count). The molecule has 1 atom stereocenters. The molecular weight excluding hydrogens is 471 g/mol. The van der Waals surface area contributed by atoms with E-state index in [1.165, 1.54) is 24.9 Å². The zero-order valence-electron chi connectivity index (χ0n) is 15.1. The van der Waals surface area contributed by atoms with E-state index in [0.717, 1.165) is 54.5 Å². The number of nitrogens with zero attached hydrogens (tertiary/aromatic N) is 3. The Labute approximate surface area is 176 Å². The number of aromatic nitrogens is 2. The normalized spacial score (nSPS) is 16.7. The third-order valence-electron chi connectivity index (χ3n) is 4.29. The predicted octanol–water partition coefficient (Wildman–Crippen LogP) is 1.87. The van der Waals surface area contributed by atoms with Gasteiger partial charge in [0.05, 0.1) is 0 Å². The highest BCUT2D eigenvalue weighted by Gasteiger charge is 2.30. The molecular formula is C16H22BrFN6O2S2.